The summed E-state index contributed by atoms with van der Waals surface area (Å²) in [5.41, 5.74) is 6.42. The molecule has 1 aliphatic rings. The van der Waals surface area contributed by atoms with Gasteiger partial charge in [-0.2, -0.15) is 0 Å². The largest absolute Gasteiger partial charge is 0.329 e. The van der Waals surface area contributed by atoms with Crippen molar-refractivity contribution in [2.45, 2.75) is 65.0 Å². The molecule has 0 amide bonds. The molecule has 3 nitrogen and oxygen atoms in total. The van der Waals surface area contributed by atoms with Gasteiger partial charge in [0, 0.05) is 44.3 Å². The summed E-state index contributed by atoms with van der Waals surface area (Å²) in [7, 11) is 0. The van der Waals surface area contributed by atoms with E-state index >= 15 is 0 Å². The Morgan fingerprint density at radius 2 is 1.50 bits per heavy atom. The van der Waals surface area contributed by atoms with Crippen LogP contribution in [0, 0.1) is 0 Å². The highest BCUT2D eigenvalue weighted by atomic mass is 15.3. The van der Waals surface area contributed by atoms with E-state index in [1.54, 1.807) is 0 Å². The van der Waals surface area contributed by atoms with Crippen LogP contribution in [0.4, 0.5) is 0 Å². The second kappa shape index (κ2) is 7.46. The van der Waals surface area contributed by atoms with Crippen LogP contribution in [0.3, 0.4) is 0 Å². The van der Waals surface area contributed by atoms with Gasteiger partial charge in [0.2, 0.25) is 0 Å². The van der Waals surface area contributed by atoms with Crippen molar-refractivity contribution in [1.29, 1.82) is 0 Å². The van der Waals surface area contributed by atoms with E-state index in [9.17, 15) is 0 Å². The van der Waals surface area contributed by atoms with E-state index in [0.717, 1.165) is 6.54 Å². The lowest BCUT2D eigenvalue weighted by Crippen LogP contribution is -2.60. The maximum atomic E-state index is 6.15. The molecule has 0 aliphatic carbocycles. The van der Waals surface area contributed by atoms with Crippen molar-refractivity contribution < 1.29 is 0 Å². The van der Waals surface area contributed by atoms with E-state index < -0.39 is 0 Å². The Balaban J connectivity index is 2.64. The van der Waals surface area contributed by atoms with Crippen molar-refractivity contribution in [2.24, 2.45) is 5.73 Å². The van der Waals surface area contributed by atoms with Gasteiger partial charge in [0.05, 0.1) is 0 Å². The maximum absolute atomic E-state index is 6.15. The van der Waals surface area contributed by atoms with Crippen LogP contribution in [0.25, 0.3) is 0 Å². The van der Waals surface area contributed by atoms with Gasteiger partial charge in [0.25, 0.3) is 0 Å². The van der Waals surface area contributed by atoms with E-state index in [0.29, 0.717) is 6.04 Å². The first-order valence-corrected chi connectivity index (χ1v) is 7.78. The Hall–Kier alpha value is -0.120. The molecule has 0 aromatic rings. The lowest BCUT2D eigenvalue weighted by Gasteiger charge is -2.48. The van der Waals surface area contributed by atoms with Crippen molar-refractivity contribution in [3.63, 3.8) is 0 Å². The molecule has 18 heavy (non-hydrogen) atoms. The second-order valence-corrected chi connectivity index (χ2v) is 6.05. The molecule has 0 radical (unpaired) electrons. The number of hydrogen-bond acceptors (Lipinski definition) is 3. The lowest BCUT2D eigenvalue weighted by molar-refractivity contribution is 0.0151. The molecule has 3 heteroatoms. The fourth-order valence-corrected chi connectivity index (χ4v) is 3.42. The third-order valence-corrected chi connectivity index (χ3v) is 4.53. The molecule has 1 heterocycles. The Morgan fingerprint density at radius 1 is 1.00 bits per heavy atom. The molecule has 108 valence electrons. The molecule has 0 unspecified atom stereocenters. The Labute approximate surface area is 114 Å². The van der Waals surface area contributed by atoms with E-state index in [-0.39, 0.29) is 5.54 Å². The average molecular weight is 255 g/mol. The predicted molar refractivity (Wildman–Crippen MR) is 79.9 cm³/mol. The quantitative estimate of drug-likeness (QED) is 0.758. The summed E-state index contributed by atoms with van der Waals surface area (Å²) in [6.07, 6.45) is 4.97. The fourth-order valence-electron chi connectivity index (χ4n) is 3.42. The molecular formula is C15H33N3. The number of nitrogens with two attached hydrogens (primary N) is 1. The standard InChI is InChI=1S/C15H33N3/c1-5-7-15(13-16,8-6-2)18-11-9-17(10-12-18)14(3)4/h14H,5-13,16H2,1-4H3. The SMILES string of the molecule is CCCC(CN)(CCC)N1CCN(C(C)C)CC1. The summed E-state index contributed by atoms with van der Waals surface area (Å²) in [5, 5.41) is 0. The summed E-state index contributed by atoms with van der Waals surface area (Å²) in [6.45, 7) is 14.8. The average Bonchev–Trinajstić information content (AvgIpc) is 2.38. The number of hydrogen-bond donors (Lipinski definition) is 1. The van der Waals surface area contributed by atoms with Gasteiger partial charge in [-0.25, -0.2) is 0 Å². The highest BCUT2D eigenvalue weighted by Crippen LogP contribution is 2.27. The summed E-state index contributed by atoms with van der Waals surface area (Å²) >= 11 is 0. The van der Waals surface area contributed by atoms with Crippen molar-refractivity contribution in [3.8, 4) is 0 Å². The third-order valence-electron chi connectivity index (χ3n) is 4.53. The first-order chi connectivity index (χ1) is 8.59. The zero-order valence-electron chi connectivity index (χ0n) is 12.9. The minimum Gasteiger partial charge on any atom is -0.329 e. The fraction of sp³-hybridized carbons (Fsp3) is 1.00. The summed E-state index contributed by atoms with van der Waals surface area (Å²) < 4.78 is 0. The van der Waals surface area contributed by atoms with Crippen LogP contribution in [0.5, 0.6) is 0 Å². The number of rotatable bonds is 7. The summed E-state index contributed by atoms with van der Waals surface area (Å²) in [6, 6.07) is 0.678. The molecule has 0 atom stereocenters. The molecular weight excluding hydrogens is 222 g/mol. The monoisotopic (exact) mass is 255 g/mol. The normalized spacial score (nSPS) is 19.7. The van der Waals surface area contributed by atoms with Crippen LogP contribution in [-0.2, 0) is 0 Å². The van der Waals surface area contributed by atoms with Gasteiger partial charge in [-0.1, -0.05) is 26.7 Å². The van der Waals surface area contributed by atoms with Gasteiger partial charge < -0.3 is 5.73 Å². The maximum Gasteiger partial charge on any atom is 0.0332 e. The van der Waals surface area contributed by atoms with E-state index in [1.807, 2.05) is 0 Å². The molecule has 1 fully saturated rings. The molecule has 1 saturated heterocycles. The van der Waals surface area contributed by atoms with Gasteiger partial charge in [-0.3, -0.25) is 9.80 Å². The second-order valence-electron chi connectivity index (χ2n) is 6.05. The predicted octanol–water partition coefficient (Wildman–Crippen LogP) is 2.31. The molecule has 0 saturated carbocycles. The Kier molecular flexibility index (Phi) is 6.61. The molecule has 1 rings (SSSR count). The van der Waals surface area contributed by atoms with Gasteiger partial charge in [-0.05, 0) is 26.7 Å². The number of piperazine rings is 1. The first-order valence-electron chi connectivity index (χ1n) is 7.78. The van der Waals surface area contributed by atoms with Gasteiger partial charge in [-0.15, -0.1) is 0 Å². The lowest BCUT2D eigenvalue weighted by atomic mass is 9.86. The Bertz CT molecular complexity index is 214. The van der Waals surface area contributed by atoms with Crippen LogP contribution in [0.1, 0.15) is 53.4 Å². The van der Waals surface area contributed by atoms with Crippen molar-refractivity contribution in [2.75, 3.05) is 32.7 Å². The molecule has 0 aromatic heterocycles. The zero-order chi connectivity index (χ0) is 13.6. The first kappa shape index (κ1) is 15.9. The van der Waals surface area contributed by atoms with Crippen LogP contribution < -0.4 is 5.73 Å². The Morgan fingerprint density at radius 3 is 1.83 bits per heavy atom. The molecule has 1 aliphatic heterocycles. The minimum atomic E-state index is 0.270. The topological polar surface area (TPSA) is 32.5 Å². The van der Waals surface area contributed by atoms with E-state index in [4.69, 9.17) is 5.73 Å². The van der Waals surface area contributed by atoms with Crippen molar-refractivity contribution in [1.82, 2.24) is 9.80 Å². The van der Waals surface area contributed by atoms with Crippen LogP contribution in [0.2, 0.25) is 0 Å². The van der Waals surface area contributed by atoms with Crippen LogP contribution >= 0.6 is 0 Å². The zero-order valence-corrected chi connectivity index (χ0v) is 12.9. The van der Waals surface area contributed by atoms with Crippen molar-refractivity contribution in [3.05, 3.63) is 0 Å². The summed E-state index contributed by atoms with van der Waals surface area (Å²) in [4.78, 5) is 5.26. The smallest absolute Gasteiger partial charge is 0.0332 e. The van der Waals surface area contributed by atoms with Gasteiger partial charge in [0.15, 0.2) is 0 Å². The van der Waals surface area contributed by atoms with Crippen LogP contribution in [-0.4, -0.2) is 54.1 Å². The highest BCUT2D eigenvalue weighted by molar-refractivity contribution is 4.93. The summed E-state index contributed by atoms with van der Waals surface area (Å²) in [5.74, 6) is 0. The number of nitrogens with zero attached hydrogens (tertiary/aromatic N) is 2. The van der Waals surface area contributed by atoms with Gasteiger partial charge in [0.1, 0.15) is 0 Å². The van der Waals surface area contributed by atoms with Gasteiger partial charge >= 0.3 is 0 Å². The minimum absolute atomic E-state index is 0.270. The highest BCUT2D eigenvalue weighted by Gasteiger charge is 2.35. The van der Waals surface area contributed by atoms with Crippen LogP contribution in [0.15, 0.2) is 0 Å². The third kappa shape index (κ3) is 3.69. The van der Waals surface area contributed by atoms with Crippen molar-refractivity contribution >= 4 is 0 Å². The molecule has 0 spiro atoms. The van der Waals surface area contributed by atoms with E-state index in [1.165, 1.54) is 51.9 Å². The van der Waals surface area contributed by atoms with E-state index in [2.05, 4.69) is 37.5 Å². The molecule has 2 N–H and O–H groups in total. The molecule has 0 bridgehead atoms. The molecule has 0 aromatic carbocycles.